The molecule has 1 heterocycles. The normalized spacial score (nSPS) is 33.5. The lowest BCUT2D eigenvalue weighted by Gasteiger charge is -2.46. The number of nitrogens with zero attached hydrogens (tertiary/aromatic N) is 1. The van der Waals surface area contributed by atoms with Gasteiger partial charge in [0.15, 0.2) is 0 Å². The van der Waals surface area contributed by atoms with Crippen LogP contribution in [-0.4, -0.2) is 42.0 Å². The van der Waals surface area contributed by atoms with E-state index in [0.717, 1.165) is 12.8 Å². The molecule has 1 spiro atoms. The highest BCUT2D eigenvalue weighted by Gasteiger charge is 2.57. The molecule has 0 aromatic rings. The molecule has 104 valence electrons. The molecule has 0 atom stereocenters. The van der Waals surface area contributed by atoms with Crippen molar-refractivity contribution < 1.29 is 19.1 Å². The third-order valence-corrected chi connectivity index (χ3v) is 4.73. The van der Waals surface area contributed by atoms with E-state index in [4.69, 9.17) is 4.74 Å². The zero-order valence-electron chi connectivity index (χ0n) is 11.0. The van der Waals surface area contributed by atoms with E-state index in [2.05, 4.69) is 5.32 Å². The highest BCUT2D eigenvalue weighted by atomic mass is 16.5. The molecule has 6 heteroatoms. The summed E-state index contributed by atoms with van der Waals surface area (Å²) in [6, 6.07) is -0.685. The molecule has 19 heavy (non-hydrogen) atoms. The number of carbonyl (C=O) groups excluding carboxylic acids is 3. The van der Waals surface area contributed by atoms with Gasteiger partial charge in [0, 0.05) is 13.2 Å². The molecule has 0 bridgehead atoms. The van der Waals surface area contributed by atoms with E-state index in [0.29, 0.717) is 25.7 Å². The molecule has 0 aromatic carbocycles. The van der Waals surface area contributed by atoms with Crippen LogP contribution in [-0.2, 0) is 14.3 Å². The first kappa shape index (κ1) is 12.6. The first-order valence-corrected chi connectivity index (χ1v) is 6.80. The van der Waals surface area contributed by atoms with Crippen LogP contribution in [0, 0.1) is 5.41 Å². The summed E-state index contributed by atoms with van der Waals surface area (Å²) in [5.41, 5.74) is -0.980. The molecule has 2 aliphatic carbocycles. The number of urea groups is 1. The number of methoxy groups -OCH3 is 1. The Bertz CT molecular complexity index is 436. The lowest BCUT2D eigenvalue weighted by molar-refractivity contribution is -0.155. The molecule has 3 fully saturated rings. The van der Waals surface area contributed by atoms with Crippen LogP contribution < -0.4 is 5.32 Å². The maximum atomic E-state index is 12.6. The SMILES string of the molecule is COC1CC(N2C(=O)NC(=O)C3(CCCC3)C2=O)C1. The zero-order chi connectivity index (χ0) is 13.6. The van der Waals surface area contributed by atoms with E-state index in [1.807, 2.05) is 0 Å². The van der Waals surface area contributed by atoms with Gasteiger partial charge in [0.1, 0.15) is 5.41 Å². The molecule has 0 aromatic heterocycles. The van der Waals surface area contributed by atoms with Crippen molar-refractivity contribution in [1.29, 1.82) is 0 Å². The van der Waals surface area contributed by atoms with Crippen LogP contribution in [0.15, 0.2) is 0 Å². The van der Waals surface area contributed by atoms with E-state index in [9.17, 15) is 14.4 Å². The summed E-state index contributed by atoms with van der Waals surface area (Å²) in [4.78, 5) is 37.8. The molecule has 3 aliphatic rings. The third kappa shape index (κ3) is 1.69. The summed E-state index contributed by atoms with van der Waals surface area (Å²) in [6.45, 7) is 0. The number of amides is 4. The van der Waals surface area contributed by atoms with Gasteiger partial charge in [-0.1, -0.05) is 12.8 Å². The maximum Gasteiger partial charge on any atom is 0.331 e. The minimum Gasteiger partial charge on any atom is -0.381 e. The van der Waals surface area contributed by atoms with Crippen molar-refractivity contribution in [2.45, 2.75) is 50.7 Å². The van der Waals surface area contributed by atoms with Crippen molar-refractivity contribution in [3.8, 4) is 0 Å². The lowest BCUT2D eigenvalue weighted by atomic mass is 9.79. The summed E-state index contributed by atoms with van der Waals surface area (Å²) in [6.07, 6.45) is 4.30. The fourth-order valence-corrected chi connectivity index (χ4v) is 3.39. The molecule has 2 saturated carbocycles. The highest BCUT2D eigenvalue weighted by molar-refractivity contribution is 6.19. The number of hydrogen-bond donors (Lipinski definition) is 1. The molecule has 4 amide bonds. The fraction of sp³-hybridized carbons (Fsp3) is 0.769. The molecular weight excluding hydrogens is 248 g/mol. The predicted octanol–water partition coefficient (Wildman–Crippen LogP) is 0.803. The van der Waals surface area contributed by atoms with Crippen LogP contribution in [0.1, 0.15) is 38.5 Å². The Kier molecular flexibility index (Phi) is 2.85. The number of ether oxygens (including phenoxy) is 1. The maximum absolute atomic E-state index is 12.6. The lowest BCUT2D eigenvalue weighted by Crippen LogP contribution is -2.67. The van der Waals surface area contributed by atoms with Gasteiger partial charge in [-0.15, -0.1) is 0 Å². The minimum atomic E-state index is -0.980. The van der Waals surface area contributed by atoms with Gasteiger partial charge in [0.2, 0.25) is 11.8 Å². The van der Waals surface area contributed by atoms with Gasteiger partial charge in [0.25, 0.3) is 0 Å². The van der Waals surface area contributed by atoms with Crippen molar-refractivity contribution in [2.24, 2.45) is 5.41 Å². The highest BCUT2D eigenvalue weighted by Crippen LogP contribution is 2.43. The first-order valence-electron chi connectivity index (χ1n) is 6.80. The van der Waals surface area contributed by atoms with Crippen LogP contribution in [0.5, 0.6) is 0 Å². The summed E-state index contributed by atoms with van der Waals surface area (Å²) >= 11 is 0. The van der Waals surface area contributed by atoms with E-state index in [-0.39, 0.29) is 18.1 Å². The quantitative estimate of drug-likeness (QED) is 0.750. The first-order chi connectivity index (χ1) is 9.08. The van der Waals surface area contributed by atoms with Crippen LogP contribution in [0.4, 0.5) is 4.79 Å². The summed E-state index contributed by atoms with van der Waals surface area (Å²) in [5, 5.41) is 2.36. The summed E-state index contributed by atoms with van der Waals surface area (Å²) in [5.74, 6) is -0.697. The van der Waals surface area contributed by atoms with Crippen LogP contribution in [0.25, 0.3) is 0 Å². The van der Waals surface area contributed by atoms with Crippen molar-refractivity contribution in [2.75, 3.05) is 7.11 Å². The van der Waals surface area contributed by atoms with Crippen molar-refractivity contribution in [3.05, 3.63) is 0 Å². The molecule has 6 nitrogen and oxygen atoms in total. The Morgan fingerprint density at radius 1 is 1.21 bits per heavy atom. The Morgan fingerprint density at radius 2 is 1.84 bits per heavy atom. The Balaban J connectivity index is 1.82. The molecule has 0 radical (unpaired) electrons. The molecule has 0 unspecified atom stereocenters. The van der Waals surface area contributed by atoms with E-state index in [1.54, 1.807) is 7.11 Å². The Labute approximate surface area is 111 Å². The van der Waals surface area contributed by atoms with Crippen LogP contribution in [0.2, 0.25) is 0 Å². The van der Waals surface area contributed by atoms with Crippen molar-refractivity contribution >= 4 is 17.8 Å². The van der Waals surface area contributed by atoms with Gasteiger partial charge in [0.05, 0.1) is 6.10 Å². The number of barbiturate groups is 1. The fourth-order valence-electron chi connectivity index (χ4n) is 3.39. The van der Waals surface area contributed by atoms with Gasteiger partial charge in [-0.05, 0) is 25.7 Å². The van der Waals surface area contributed by atoms with Crippen molar-refractivity contribution in [3.63, 3.8) is 0 Å². The third-order valence-electron chi connectivity index (χ3n) is 4.73. The van der Waals surface area contributed by atoms with Gasteiger partial charge in [-0.25, -0.2) is 4.79 Å². The zero-order valence-corrected chi connectivity index (χ0v) is 11.0. The van der Waals surface area contributed by atoms with Gasteiger partial charge in [-0.2, -0.15) is 0 Å². The predicted molar refractivity (Wildman–Crippen MR) is 65.1 cm³/mol. The second kappa shape index (κ2) is 4.30. The minimum absolute atomic E-state index is 0.114. The molecule has 1 saturated heterocycles. The van der Waals surface area contributed by atoms with Crippen LogP contribution in [0.3, 0.4) is 0 Å². The average molecular weight is 266 g/mol. The number of imide groups is 2. The van der Waals surface area contributed by atoms with E-state index >= 15 is 0 Å². The molecule has 1 aliphatic heterocycles. The summed E-state index contributed by atoms with van der Waals surface area (Å²) < 4.78 is 5.18. The standard InChI is InChI=1S/C13H18N2O4/c1-19-9-6-8(7-9)15-11(17)13(4-2-3-5-13)10(16)14-12(15)18/h8-9H,2-7H2,1H3,(H,14,16,18). The topological polar surface area (TPSA) is 75.7 Å². The number of rotatable bonds is 2. The Hall–Kier alpha value is -1.43. The number of hydrogen-bond acceptors (Lipinski definition) is 4. The van der Waals surface area contributed by atoms with E-state index in [1.165, 1.54) is 4.90 Å². The number of nitrogens with one attached hydrogen (secondary N) is 1. The average Bonchev–Trinajstić information content (AvgIpc) is 2.80. The smallest absolute Gasteiger partial charge is 0.331 e. The van der Waals surface area contributed by atoms with Gasteiger partial charge >= 0.3 is 6.03 Å². The van der Waals surface area contributed by atoms with E-state index < -0.39 is 17.4 Å². The van der Waals surface area contributed by atoms with Gasteiger partial charge in [-0.3, -0.25) is 19.8 Å². The summed E-state index contributed by atoms with van der Waals surface area (Å²) in [7, 11) is 1.63. The second-order valence-electron chi connectivity index (χ2n) is 5.71. The largest absolute Gasteiger partial charge is 0.381 e. The molecule has 1 N–H and O–H groups in total. The monoisotopic (exact) mass is 266 g/mol. The number of carbonyl (C=O) groups is 3. The molecule has 3 rings (SSSR count). The van der Waals surface area contributed by atoms with Gasteiger partial charge < -0.3 is 4.74 Å². The second-order valence-corrected chi connectivity index (χ2v) is 5.71. The molecular formula is C13H18N2O4. The Morgan fingerprint density at radius 3 is 2.42 bits per heavy atom. The van der Waals surface area contributed by atoms with Crippen LogP contribution >= 0.6 is 0 Å². The van der Waals surface area contributed by atoms with Crippen molar-refractivity contribution in [1.82, 2.24) is 10.2 Å².